The molecule has 0 saturated heterocycles. The molecule has 24 heavy (non-hydrogen) atoms. The standard InChI is InChI=1S/C16H20N2O2.3ClH.Fe/c19-15-7-3-1-5-13(15)11-17-9-10-18-12-14-6-2-4-8-16(14)20;;;;/h1-8,17-20H,9-12H2;3*1H;/q;;;;+3/p-3. The van der Waals surface area contributed by atoms with Crippen LogP contribution in [-0.4, -0.2) is 23.3 Å². The average molecular weight is 435 g/mol. The van der Waals surface area contributed by atoms with E-state index >= 15 is 0 Å². The monoisotopic (exact) mass is 433 g/mol. The number of hydrogen-bond acceptors (Lipinski definition) is 4. The molecule has 0 aliphatic carbocycles. The molecule has 2 aromatic carbocycles. The first-order valence-electron chi connectivity index (χ1n) is 7.12. The van der Waals surface area contributed by atoms with Gasteiger partial charge in [-0.1, -0.05) is 36.4 Å². The summed E-state index contributed by atoms with van der Waals surface area (Å²) in [5, 5.41) is 25.7. The predicted molar refractivity (Wildman–Crippen MR) is 97.2 cm³/mol. The van der Waals surface area contributed by atoms with Crippen LogP contribution in [0.5, 0.6) is 11.5 Å². The van der Waals surface area contributed by atoms with Crippen molar-refractivity contribution in [2.75, 3.05) is 13.1 Å². The van der Waals surface area contributed by atoms with Gasteiger partial charge < -0.3 is 20.8 Å². The van der Waals surface area contributed by atoms with Gasteiger partial charge in [-0.3, -0.25) is 0 Å². The Kier molecular flexibility index (Phi) is 11.3. The maximum absolute atomic E-state index is 9.61. The zero-order chi connectivity index (χ0) is 17.8. The molecule has 0 spiro atoms. The van der Waals surface area contributed by atoms with Crippen molar-refractivity contribution < 1.29 is 21.4 Å². The van der Waals surface area contributed by atoms with Crippen molar-refractivity contribution in [2.45, 2.75) is 13.1 Å². The number of benzene rings is 2. The Labute approximate surface area is 159 Å². The van der Waals surface area contributed by atoms with E-state index in [1.165, 1.54) is 0 Å². The summed E-state index contributed by atoms with van der Waals surface area (Å²) in [6, 6.07) is 14.6. The molecule has 0 bridgehead atoms. The summed E-state index contributed by atoms with van der Waals surface area (Å²) in [7, 11) is 14.7. The maximum atomic E-state index is 9.61. The number of hydrogen-bond donors (Lipinski definition) is 4. The van der Waals surface area contributed by atoms with E-state index in [9.17, 15) is 10.2 Å². The van der Waals surface area contributed by atoms with Crippen LogP contribution >= 0.6 is 30.3 Å². The van der Waals surface area contributed by atoms with Gasteiger partial charge in [0.1, 0.15) is 11.5 Å². The predicted octanol–water partition coefficient (Wildman–Crippen LogP) is 4.04. The molecule has 0 heterocycles. The number of para-hydroxylation sites is 2. The topological polar surface area (TPSA) is 64.5 Å². The second-order valence-electron chi connectivity index (χ2n) is 4.76. The second kappa shape index (κ2) is 12.7. The fraction of sp³-hybridized carbons (Fsp3) is 0.250. The molecule has 2 rings (SSSR count). The quantitative estimate of drug-likeness (QED) is 0.392. The fourth-order valence-electron chi connectivity index (χ4n) is 1.94. The van der Waals surface area contributed by atoms with E-state index in [4.69, 9.17) is 30.3 Å². The minimum atomic E-state index is -1.33. The molecule has 0 atom stereocenters. The van der Waals surface area contributed by atoms with Gasteiger partial charge in [-0.15, -0.1) is 0 Å². The molecule has 0 aliphatic rings. The van der Waals surface area contributed by atoms with E-state index in [2.05, 4.69) is 10.6 Å². The van der Waals surface area contributed by atoms with Gasteiger partial charge in [0, 0.05) is 37.3 Å². The summed E-state index contributed by atoms with van der Waals surface area (Å²) in [4.78, 5) is 0. The van der Waals surface area contributed by atoms with E-state index in [-0.39, 0.29) is 0 Å². The van der Waals surface area contributed by atoms with Crippen molar-refractivity contribution in [3.05, 3.63) is 59.7 Å². The Bertz CT molecular complexity index is 551. The van der Waals surface area contributed by atoms with Crippen LogP contribution in [0.4, 0.5) is 0 Å². The Balaban J connectivity index is 0.000000648. The third-order valence-electron chi connectivity index (χ3n) is 3.09. The normalized spacial score (nSPS) is 10.7. The van der Waals surface area contributed by atoms with Crippen LogP contribution in [0.1, 0.15) is 11.1 Å². The number of halogens is 3. The molecule has 8 heteroatoms. The van der Waals surface area contributed by atoms with Gasteiger partial charge in [0.25, 0.3) is 0 Å². The molecule has 135 valence electrons. The van der Waals surface area contributed by atoms with Crippen LogP contribution in [0.15, 0.2) is 48.5 Å². The summed E-state index contributed by atoms with van der Waals surface area (Å²) >= 11 is -1.33. The number of phenols is 2. The average Bonchev–Trinajstić information content (AvgIpc) is 2.53. The van der Waals surface area contributed by atoms with E-state index in [0.29, 0.717) is 24.6 Å². The molecular formula is C16H20Cl3FeN2O2. The third-order valence-corrected chi connectivity index (χ3v) is 3.09. The zero-order valence-electron chi connectivity index (χ0n) is 12.8. The molecule has 0 aromatic heterocycles. The SMILES string of the molecule is Oc1ccccc1CNCCNCc1ccccc1O.[Cl][Fe]([Cl])[Cl]. The van der Waals surface area contributed by atoms with Crippen molar-refractivity contribution in [3.63, 3.8) is 0 Å². The van der Waals surface area contributed by atoms with Crippen LogP contribution in [0, 0.1) is 0 Å². The van der Waals surface area contributed by atoms with Crippen LogP contribution in [0.25, 0.3) is 0 Å². The van der Waals surface area contributed by atoms with E-state index < -0.39 is 11.2 Å². The first-order chi connectivity index (χ1) is 11.5. The number of rotatable bonds is 7. The molecule has 4 N–H and O–H groups in total. The third kappa shape index (κ3) is 9.60. The molecule has 2 aromatic rings. The second-order valence-corrected chi connectivity index (χ2v) is 10.2. The minimum absolute atomic E-state index is 0.321. The summed E-state index contributed by atoms with van der Waals surface area (Å²) in [5.74, 6) is 0.643. The van der Waals surface area contributed by atoms with Crippen LogP contribution in [0.3, 0.4) is 0 Å². The van der Waals surface area contributed by atoms with E-state index in [0.717, 1.165) is 24.2 Å². The Morgan fingerprint density at radius 1 is 0.708 bits per heavy atom. The van der Waals surface area contributed by atoms with Gasteiger partial charge in [0.2, 0.25) is 0 Å². The zero-order valence-corrected chi connectivity index (χ0v) is 16.2. The first kappa shape index (κ1) is 21.4. The summed E-state index contributed by atoms with van der Waals surface area (Å²) < 4.78 is 0. The molecular weight excluding hydrogens is 414 g/mol. The van der Waals surface area contributed by atoms with Crippen molar-refractivity contribution >= 4 is 30.3 Å². The Morgan fingerprint density at radius 2 is 1.04 bits per heavy atom. The van der Waals surface area contributed by atoms with Gasteiger partial charge in [-0.2, -0.15) is 0 Å². The van der Waals surface area contributed by atoms with Gasteiger partial charge in [0.05, 0.1) is 0 Å². The molecule has 0 amide bonds. The van der Waals surface area contributed by atoms with Gasteiger partial charge in [0.15, 0.2) is 0 Å². The molecule has 0 unspecified atom stereocenters. The van der Waals surface area contributed by atoms with E-state index in [1.807, 2.05) is 36.4 Å². The molecule has 0 saturated carbocycles. The van der Waals surface area contributed by atoms with Crippen molar-refractivity contribution in [3.8, 4) is 11.5 Å². The van der Waals surface area contributed by atoms with Crippen molar-refractivity contribution in [1.29, 1.82) is 0 Å². The molecule has 0 radical (unpaired) electrons. The van der Waals surface area contributed by atoms with Crippen LogP contribution in [-0.2, 0) is 24.3 Å². The van der Waals surface area contributed by atoms with Gasteiger partial charge >= 0.3 is 41.5 Å². The summed E-state index contributed by atoms with van der Waals surface area (Å²) in [5.41, 5.74) is 1.79. The number of aromatic hydroxyl groups is 2. The summed E-state index contributed by atoms with van der Waals surface area (Å²) in [6.45, 7) is 2.87. The molecule has 0 fully saturated rings. The van der Waals surface area contributed by atoms with Crippen LogP contribution < -0.4 is 10.6 Å². The Morgan fingerprint density at radius 3 is 1.38 bits per heavy atom. The van der Waals surface area contributed by atoms with Crippen molar-refractivity contribution in [2.24, 2.45) is 0 Å². The van der Waals surface area contributed by atoms with Gasteiger partial charge in [-0.05, 0) is 12.1 Å². The number of nitrogens with one attached hydrogen (secondary N) is 2. The van der Waals surface area contributed by atoms with Gasteiger partial charge in [-0.25, -0.2) is 0 Å². The fourth-order valence-corrected chi connectivity index (χ4v) is 1.94. The van der Waals surface area contributed by atoms with Crippen LogP contribution in [0.2, 0.25) is 0 Å². The number of phenolic OH excluding ortho intramolecular Hbond substituents is 2. The first-order valence-corrected chi connectivity index (χ1v) is 11.7. The van der Waals surface area contributed by atoms with Crippen molar-refractivity contribution in [1.82, 2.24) is 10.6 Å². The molecule has 4 nitrogen and oxygen atoms in total. The summed E-state index contributed by atoms with van der Waals surface area (Å²) in [6.07, 6.45) is 0. The molecule has 0 aliphatic heterocycles. The van der Waals surface area contributed by atoms with E-state index in [1.54, 1.807) is 12.1 Å². The Hall–Kier alpha value is -0.651.